The van der Waals surface area contributed by atoms with Gasteiger partial charge in [0.2, 0.25) is 0 Å². The van der Waals surface area contributed by atoms with Crippen molar-refractivity contribution in [2.24, 2.45) is 0 Å². The van der Waals surface area contributed by atoms with E-state index in [0.717, 1.165) is 12.8 Å². The van der Waals surface area contributed by atoms with Gasteiger partial charge >= 0.3 is 10.4 Å². The molecule has 0 radical (unpaired) electrons. The van der Waals surface area contributed by atoms with Gasteiger partial charge in [-0.3, -0.25) is 4.79 Å². The minimum Gasteiger partial charge on any atom is -0.490 e. The molecule has 31 heavy (non-hydrogen) atoms. The third-order valence-corrected chi connectivity index (χ3v) is 7.65. The van der Waals surface area contributed by atoms with Crippen LogP contribution in [0.5, 0.6) is 5.75 Å². The van der Waals surface area contributed by atoms with E-state index < -0.39 is 16.3 Å². The van der Waals surface area contributed by atoms with E-state index in [1.807, 2.05) is 0 Å². The second kappa shape index (κ2) is 9.34. The number of anilines is 2. The first kappa shape index (κ1) is 22.4. The van der Waals surface area contributed by atoms with Crippen LogP contribution in [0.25, 0.3) is 0 Å². The van der Waals surface area contributed by atoms with Crippen LogP contribution in [0, 0.1) is 0 Å². The van der Waals surface area contributed by atoms with Crippen molar-refractivity contribution in [3.63, 3.8) is 0 Å². The summed E-state index contributed by atoms with van der Waals surface area (Å²) in [6.07, 6.45) is 2.23. The zero-order chi connectivity index (χ0) is 22.0. The number of carbonyl (C=O) groups excluding carboxylic acids is 1. The average Bonchev–Trinajstić information content (AvgIpc) is 3.07. The fraction of sp³-hybridized carbons (Fsp3) is 0.381. The SMILES string of the molecule is O=C(Nc1cc(Cl)cc(OC2CCOCC2)c1)c1cc(N2CCC[S+]2(=O)O)ccc1Cl. The third kappa shape index (κ3) is 5.32. The molecule has 1 amide bonds. The summed E-state index contributed by atoms with van der Waals surface area (Å²) in [5, 5.41) is 3.46. The minimum absolute atomic E-state index is 0.0377. The Hall–Kier alpha value is -1.84. The molecule has 0 bridgehead atoms. The molecule has 10 heteroatoms. The Morgan fingerprint density at radius 3 is 2.68 bits per heavy atom. The van der Waals surface area contributed by atoms with Gasteiger partial charge in [-0.15, -0.1) is 0 Å². The van der Waals surface area contributed by atoms with Crippen molar-refractivity contribution in [3.05, 3.63) is 52.0 Å². The smallest absolute Gasteiger partial charge is 0.313 e. The highest BCUT2D eigenvalue weighted by Gasteiger charge is 2.41. The highest BCUT2D eigenvalue weighted by Crippen LogP contribution is 2.32. The molecule has 4 rings (SSSR count). The molecule has 166 valence electrons. The fourth-order valence-corrected chi connectivity index (χ4v) is 5.68. The second-order valence-corrected chi connectivity index (χ2v) is 10.4. The summed E-state index contributed by atoms with van der Waals surface area (Å²) >= 11 is 12.5. The van der Waals surface area contributed by atoms with Crippen LogP contribution in [-0.2, 0) is 19.3 Å². The van der Waals surface area contributed by atoms with E-state index >= 15 is 0 Å². The molecule has 2 fully saturated rings. The van der Waals surface area contributed by atoms with Crippen LogP contribution in [-0.4, -0.2) is 42.1 Å². The number of hydrogen-bond donors (Lipinski definition) is 2. The van der Waals surface area contributed by atoms with Gasteiger partial charge in [0, 0.05) is 36.0 Å². The predicted octanol–water partition coefficient (Wildman–Crippen LogP) is 4.90. The normalized spacial score (nSPS) is 21.8. The summed E-state index contributed by atoms with van der Waals surface area (Å²) in [4.78, 5) is 12.9. The van der Waals surface area contributed by atoms with Crippen LogP contribution in [0.4, 0.5) is 11.4 Å². The van der Waals surface area contributed by atoms with E-state index in [4.69, 9.17) is 32.7 Å². The largest absolute Gasteiger partial charge is 0.490 e. The molecule has 0 saturated carbocycles. The number of carbonyl (C=O) groups is 1. The molecule has 0 spiro atoms. The lowest BCUT2D eigenvalue weighted by molar-refractivity contribution is 0.0256. The topological polar surface area (TPSA) is 88.1 Å². The number of amides is 1. The average molecular weight is 486 g/mol. The maximum Gasteiger partial charge on any atom is 0.313 e. The zero-order valence-corrected chi connectivity index (χ0v) is 19.0. The maximum absolute atomic E-state index is 12.9. The lowest BCUT2D eigenvalue weighted by Gasteiger charge is -2.23. The number of benzene rings is 2. The van der Waals surface area contributed by atoms with Crippen molar-refractivity contribution in [3.8, 4) is 5.75 Å². The lowest BCUT2D eigenvalue weighted by Crippen LogP contribution is -2.31. The highest BCUT2D eigenvalue weighted by atomic mass is 35.5. The molecule has 2 aliphatic heterocycles. The van der Waals surface area contributed by atoms with Crippen molar-refractivity contribution in [1.82, 2.24) is 0 Å². The molecule has 2 saturated heterocycles. The summed E-state index contributed by atoms with van der Waals surface area (Å²) < 4.78 is 35.2. The van der Waals surface area contributed by atoms with Gasteiger partial charge in [-0.25, -0.2) is 0 Å². The van der Waals surface area contributed by atoms with Crippen molar-refractivity contribution >= 4 is 50.9 Å². The Morgan fingerprint density at radius 1 is 1.19 bits per heavy atom. The molecule has 7 nitrogen and oxygen atoms in total. The molecule has 2 N–H and O–H groups in total. The van der Waals surface area contributed by atoms with E-state index in [0.29, 0.717) is 48.3 Å². The summed E-state index contributed by atoms with van der Waals surface area (Å²) in [7, 11) is -3.11. The van der Waals surface area contributed by atoms with Gasteiger partial charge in [-0.05, 0) is 34.5 Å². The monoisotopic (exact) mass is 485 g/mol. The number of rotatable bonds is 5. The van der Waals surface area contributed by atoms with Gasteiger partial charge < -0.3 is 14.8 Å². The molecule has 1 atom stereocenters. The number of nitrogens with zero attached hydrogens (tertiary/aromatic N) is 1. The van der Waals surface area contributed by atoms with Crippen LogP contribution in [0.1, 0.15) is 29.6 Å². The van der Waals surface area contributed by atoms with Gasteiger partial charge in [0.25, 0.3) is 5.91 Å². The highest BCUT2D eigenvalue weighted by molar-refractivity contribution is 7.99. The van der Waals surface area contributed by atoms with Crippen molar-refractivity contribution in [2.75, 3.05) is 35.1 Å². The van der Waals surface area contributed by atoms with E-state index in [1.54, 1.807) is 30.3 Å². The molecule has 0 aromatic heterocycles. The molecule has 1 unspecified atom stereocenters. The molecule has 0 aliphatic carbocycles. The van der Waals surface area contributed by atoms with Crippen LogP contribution in [0.15, 0.2) is 36.4 Å². The van der Waals surface area contributed by atoms with Crippen molar-refractivity contribution in [2.45, 2.75) is 25.4 Å². The van der Waals surface area contributed by atoms with Gasteiger partial charge in [0.15, 0.2) is 5.75 Å². The number of nitrogens with one attached hydrogen (secondary N) is 1. The third-order valence-electron chi connectivity index (χ3n) is 5.20. The first-order valence-electron chi connectivity index (χ1n) is 10.00. The molecule has 2 aromatic rings. The second-order valence-electron chi connectivity index (χ2n) is 7.49. The zero-order valence-electron chi connectivity index (χ0n) is 16.7. The summed E-state index contributed by atoms with van der Waals surface area (Å²) in [5.41, 5.74) is 1.15. The summed E-state index contributed by atoms with van der Waals surface area (Å²) in [5.74, 6) is 0.316. The van der Waals surface area contributed by atoms with Crippen molar-refractivity contribution < 1.29 is 23.0 Å². The van der Waals surface area contributed by atoms with Gasteiger partial charge in [0.1, 0.15) is 11.9 Å². The Balaban J connectivity index is 1.53. The maximum atomic E-state index is 12.9. The predicted molar refractivity (Wildman–Crippen MR) is 123 cm³/mol. The molecule has 2 aromatic carbocycles. The van der Waals surface area contributed by atoms with Crippen molar-refractivity contribution in [1.29, 1.82) is 0 Å². The summed E-state index contributed by atoms with van der Waals surface area (Å²) in [6.45, 7) is 1.75. The molecule has 2 heterocycles. The Bertz CT molecular complexity index is 1030. The van der Waals surface area contributed by atoms with E-state index in [9.17, 15) is 13.6 Å². The molecular formula is C21H23Cl2N2O5S+. The van der Waals surface area contributed by atoms with Crippen LogP contribution >= 0.6 is 23.2 Å². The molecular weight excluding hydrogens is 463 g/mol. The lowest BCUT2D eigenvalue weighted by atomic mass is 10.1. The molecule has 2 aliphatic rings. The summed E-state index contributed by atoms with van der Waals surface area (Å²) in [6, 6.07) is 9.75. The number of halogens is 2. The van der Waals surface area contributed by atoms with Crippen LogP contribution in [0.2, 0.25) is 10.0 Å². The Morgan fingerprint density at radius 2 is 1.97 bits per heavy atom. The number of ether oxygens (including phenoxy) is 2. The van der Waals surface area contributed by atoms with Crippen LogP contribution in [0.3, 0.4) is 0 Å². The number of hydrogen-bond acceptors (Lipinski definition) is 4. The van der Waals surface area contributed by atoms with Gasteiger partial charge in [0.05, 0.1) is 36.0 Å². The quantitative estimate of drug-likeness (QED) is 0.587. The van der Waals surface area contributed by atoms with E-state index in [1.165, 1.54) is 10.4 Å². The van der Waals surface area contributed by atoms with E-state index in [2.05, 4.69) is 5.32 Å². The minimum atomic E-state index is -3.11. The van der Waals surface area contributed by atoms with E-state index in [-0.39, 0.29) is 22.4 Å². The Kier molecular flexibility index (Phi) is 6.74. The fourth-order valence-electron chi connectivity index (χ4n) is 3.67. The Labute approximate surface area is 192 Å². The van der Waals surface area contributed by atoms with Gasteiger partial charge in [-0.1, -0.05) is 23.2 Å². The van der Waals surface area contributed by atoms with Gasteiger partial charge in [-0.2, -0.15) is 8.86 Å². The standard InChI is InChI=1S/C21H22Cl2N2O5S/c22-14-10-15(12-18(11-14)30-17-4-7-29-8-5-17)24-21(26)19-13-16(2-3-20(19)23)25-6-1-9-31(25,27)28/h2-3,10-13,17H,1,4-9H2,(H-,24,26,27,28)/p+1. The first-order chi connectivity index (χ1) is 14.8. The first-order valence-corrected chi connectivity index (χ1v) is 12.4. The van der Waals surface area contributed by atoms with Crippen LogP contribution < -0.4 is 14.4 Å².